The van der Waals surface area contributed by atoms with Crippen molar-refractivity contribution in [3.8, 4) is 5.75 Å². The predicted molar refractivity (Wildman–Crippen MR) is 108 cm³/mol. The van der Waals surface area contributed by atoms with Gasteiger partial charge >= 0.3 is 0 Å². The fourth-order valence-corrected chi connectivity index (χ4v) is 3.54. The molecule has 1 aliphatic heterocycles. The number of Topliss-reactive ketones (excluding diaryl/α,β-unsaturated/α-hetero) is 1. The number of hydrogen-bond donors (Lipinski definition) is 1. The summed E-state index contributed by atoms with van der Waals surface area (Å²) in [4.78, 5) is 27.2. The van der Waals surface area contributed by atoms with Crippen LogP contribution in [0.15, 0.2) is 54.1 Å². The number of methoxy groups -OCH3 is 1. The molecule has 1 aliphatic rings. The van der Waals surface area contributed by atoms with Crippen molar-refractivity contribution in [2.75, 3.05) is 13.7 Å². The number of unbranched alkanes of at least 4 members (excludes halogenated alkanes) is 1. The van der Waals surface area contributed by atoms with Crippen molar-refractivity contribution < 1.29 is 19.4 Å². The molecule has 3 rings (SSSR count). The van der Waals surface area contributed by atoms with Crippen molar-refractivity contribution in [2.24, 2.45) is 0 Å². The van der Waals surface area contributed by atoms with E-state index in [1.165, 1.54) is 12.0 Å². The van der Waals surface area contributed by atoms with Crippen molar-refractivity contribution in [2.45, 2.75) is 25.8 Å². The molecule has 1 unspecified atom stereocenters. The van der Waals surface area contributed by atoms with Gasteiger partial charge in [0.15, 0.2) is 0 Å². The third-order valence-electron chi connectivity index (χ3n) is 4.84. The van der Waals surface area contributed by atoms with Crippen molar-refractivity contribution >= 4 is 29.1 Å². The summed E-state index contributed by atoms with van der Waals surface area (Å²) in [6.45, 7) is 2.43. The summed E-state index contributed by atoms with van der Waals surface area (Å²) in [5.41, 5.74) is 1.15. The SMILES string of the molecule is CCCCN1C(=O)C(=O)/C(=C(\O)c2ccc(Cl)cc2)C1c1ccccc1OC. The largest absolute Gasteiger partial charge is 0.507 e. The molecule has 0 radical (unpaired) electrons. The number of nitrogens with zero attached hydrogens (tertiary/aromatic N) is 1. The molecule has 0 bridgehead atoms. The molecule has 5 nitrogen and oxygen atoms in total. The molecule has 0 aromatic heterocycles. The van der Waals surface area contributed by atoms with E-state index in [0.29, 0.717) is 28.4 Å². The fraction of sp³-hybridized carbons (Fsp3) is 0.273. The van der Waals surface area contributed by atoms with Gasteiger partial charge in [-0.05, 0) is 36.8 Å². The predicted octanol–water partition coefficient (Wildman–Crippen LogP) is 4.57. The zero-order chi connectivity index (χ0) is 20.3. The first-order valence-electron chi connectivity index (χ1n) is 9.16. The number of ketones is 1. The molecule has 146 valence electrons. The van der Waals surface area contributed by atoms with Gasteiger partial charge in [-0.25, -0.2) is 0 Å². The van der Waals surface area contributed by atoms with Gasteiger partial charge in [0.2, 0.25) is 0 Å². The van der Waals surface area contributed by atoms with Crippen LogP contribution in [0.4, 0.5) is 0 Å². The second-order valence-electron chi connectivity index (χ2n) is 6.59. The first-order valence-corrected chi connectivity index (χ1v) is 9.54. The highest BCUT2D eigenvalue weighted by Crippen LogP contribution is 2.42. The van der Waals surface area contributed by atoms with Gasteiger partial charge in [0.25, 0.3) is 11.7 Å². The summed E-state index contributed by atoms with van der Waals surface area (Å²) in [7, 11) is 1.54. The van der Waals surface area contributed by atoms with Crippen LogP contribution in [-0.2, 0) is 9.59 Å². The monoisotopic (exact) mass is 399 g/mol. The molecule has 1 saturated heterocycles. The molecular formula is C22H22ClNO4. The van der Waals surface area contributed by atoms with Gasteiger partial charge in [0.1, 0.15) is 11.5 Å². The average molecular weight is 400 g/mol. The molecule has 2 aromatic carbocycles. The lowest BCUT2D eigenvalue weighted by Gasteiger charge is -2.26. The fourth-order valence-electron chi connectivity index (χ4n) is 3.42. The molecular weight excluding hydrogens is 378 g/mol. The zero-order valence-electron chi connectivity index (χ0n) is 15.8. The van der Waals surface area contributed by atoms with E-state index in [2.05, 4.69) is 0 Å². The van der Waals surface area contributed by atoms with E-state index in [0.717, 1.165) is 12.8 Å². The average Bonchev–Trinajstić information content (AvgIpc) is 2.96. The molecule has 1 fully saturated rings. The van der Waals surface area contributed by atoms with Crippen LogP contribution in [0.25, 0.3) is 5.76 Å². The molecule has 1 atom stereocenters. The van der Waals surface area contributed by atoms with Gasteiger partial charge < -0.3 is 14.7 Å². The third kappa shape index (κ3) is 3.62. The lowest BCUT2D eigenvalue weighted by molar-refractivity contribution is -0.139. The van der Waals surface area contributed by atoms with Crippen LogP contribution in [-0.4, -0.2) is 35.4 Å². The van der Waals surface area contributed by atoms with E-state index in [1.54, 1.807) is 30.3 Å². The Hall–Kier alpha value is -2.79. The van der Waals surface area contributed by atoms with Crippen LogP contribution in [0.1, 0.15) is 36.9 Å². The van der Waals surface area contributed by atoms with Crippen molar-refractivity contribution in [3.63, 3.8) is 0 Å². The summed E-state index contributed by atoms with van der Waals surface area (Å²) in [6, 6.07) is 13.0. The molecule has 0 saturated carbocycles. The molecule has 28 heavy (non-hydrogen) atoms. The number of carbonyl (C=O) groups excluding carboxylic acids is 2. The maximum absolute atomic E-state index is 12.9. The Bertz CT molecular complexity index is 920. The van der Waals surface area contributed by atoms with Crippen LogP contribution in [0.2, 0.25) is 5.02 Å². The van der Waals surface area contributed by atoms with Gasteiger partial charge in [-0.2, -0.15) is 0 Å². The van der Waals surface area contributed by atoms with Crippen molar-refractivity contribution in [1.29, 1.82) is 0 Å². The van der Waals surface area contributed by atoms with Gasteiger partial charge in [0.05, 0.1) is 18.7 Å². The number of aliphatic hydroxyl groups excluding tert-OH is 1. The number of rotatable bonds is 6. The number of halogens is 1. The normalized spacial score (nSPS) is 18.5. The number of amides is 1. The topological polar surface area (TPSA) is 66.8 Å². The van der Waals surface area contributed by atoms with Crippen LogP contribution in [0.5, 0.6) is 5.75 Å². The summed E-state index contributed by atoms with van der Waals surface area (Å²) >= 11 is 5.93. The smallest absolute Gasteiger partial charge is 0.295 e. The number of likely N-dealkylation sites (tertiary alicyclic amines) is 1. The van der Waals surface area contributed by atoms with Crippen molar-refractivity contribution in [3.05, 3.63) is 70.3 Å². The van der Waals surface area contributed by atoms with E-state index < -0.39 is 17.7 Å². The summed E-state index contributed by atoms with van der Waals surface area (Å²) in [5, 5.41) is 11.4. The maximum atomic E-state index is 12.9. The van der Waals surface area contributed by atoms with Crippen molar-refractivity contribution in [1.82, 2.24) is 4.90 Å². The first-order chi connectivity index (χ1) is 13.5. The highest BCUT2D eigenvalue weighted by atomic mass is 35.5. The number of aliphatic hydroxyl groups is 1. The molecule has 2 aromatic rings. The zero-order valence-corrected chi connectivity index (χ0v) is 16.6. The highest BCUT2D eigenvalue weighted by Gasteiger charge is 2.46. The molecule has 0 aliphatic carbocycles. The van der Waals surface area contributed by atoms with Crippen LogP contribution in [0, 0.1) is 0 Å². The van der Waals surface area contributed by atoms with Crippen LogP contribution >= 0.6 is 11.6 Å². The Morgan fingerprint density at radius 1 is 1.14 bits per heavy atom. The molecule has 1 amide bonds. The number of carbonyl (C=O) groups is 2. The minimum Gasteiger partial charge on any atom is -0.507 e. The van der Waals surface area contributed by atoms with E-state index in [9.17, 15) is 14.7 Å². The number of benzene rings is 2. The number of ether oxygens (including phenoxy) is 1. The first kappa shape index (κ1) is 20.0. The Morgan fingerprint density at radius 2 is 1.82 bits per heavy atom. The molecule has 1 heterocycles. The lowest BCUT2D eigenvalue weighted by Crippen LogP contribution is -2.30. The van der Waals surface area contributed by atoms with Gasteiger partial charge in [0, 0.05) is 22.7 Å². The highest BCUT2D eigenvalue weighted by molar-refractivity contribution is 6.46. The summed E-state index contributed by atoms with van der Waals surface area (Å²) in [5.74, 6) is -0.970. The van der Waals surface area contributed by atoms with E-state index >= 15 is 0 Å². The Labute approximate surface area is 169 Å². The molecule has 0 spiro atoms. The Morgan fingerprint density at radius 3 is 2.46 bits per heavy atom. The number of hydrogen-bond acceptors (Lipinski definition) is 4. The lowest BCUT2D eigenvalue weighted by atomic mass is 9.94. The molecule has 1 N–H and O–H groups in total. The second kappa shape index (κ2) is 8.48. The minimum absolute atomic E-state index is 0.0629. The second-order valence-corrected chi connectivity index (χ2v) is 7.03. The Kier molecular flexibility index (Phi) is 6.05. The van der Waals surface area contributed by atoms with Gasteiger partial charge in [-0.15, -0.1) is 0 Å². The van der Waals surface area contributed by atoms with Gasteiger partial charge in [-0.3, -0.25) is 9.59 Å². The van der Waals surface area contributed by atoms with E-state index in [-0.39, 0.29) is 11.3 Å². The molecule has 6 heteroatoms. The quantitative estimate of drug-likeness (QED) is 0.439. The summed E-state index contributed by atoms with van der Waals surface area (Å²) in [6.07, 6.45) is 1.62. The van der Waals surface area contributed by atoms with Gasteiger partial charge in [-0.1, -0.05) is 43.1 Å². The standard InChI is InChI=1S/C22H22ClNO4/c1-3-4-13-24-19(16-7-5-6-8-17(16)28-2)18(21(26)22(24)27)20(25)14-9-11-15(23)12-10-14/h5-12,19,25H,3-4,13H2,1-2H3/b20-18-. The third-order valence-corrected chi connectivity index (χ3v) is 5.10. The maximum Gasteiger partial charge on any atom is 0.295 e. The van der Waals surface area contributed by atoms with E-state index in [4.69, 9.17) is 16.3 Å². The minimum atomic E-state index is -0.710. The summed E-state index contributed by atoms with van der Waals surface area (Å²) < 4.78 is 5.46. The van der Waals surface area contributed by atoms with Crippen LogP contribution < -0.4 is 4.74 Å². The van der Waals surface area contributed by atoms with Crippen LogP contribution in [0.3, 0.4) is 0 Å². The Balaban J connectivity index is 2.20. The number of para-hydroxylation sites is 1. The van der Waals surface area contributed by atoms with E-state index in [1.807, 2.05) is 25.1 Å².